The van der Waals surface area contributed by atoms with Gasteiger partial charge in [0.15, 0.2) is 0 Å². The zero-order valence-electron chi connectivity index (χ0n) is 5.05. The highest BCUT2D eigenvalue weighted by Crippen LogP contribution is 1.97. The first-order valence-electron chi connectivity index (χ1n) is 2.23. The van der Waals surface area contributed by atoms with Gasteiger partial charge in [0.2, 0.25) is 0 Å². The average Bonchev–Trinajstić information content (AvgIpc) is 1.81. The molecule has 0 aromatic carbocycles. The van der Waals surface area contributed by atoms with E-state index in [-0.39, 0.29) is 0 Å². The Bertz CT molecular complexity index is 37.0. The van der Waals surface area contributed by atoms with Gasteiger partial charge in [0.25, 0.3) is 0 Å². The molecule has 50 valence electrons. The standard InChI is InChI=1S/C4H10O2S2/c1-7-5-3-4-6-8-2/h3-4H2,1-2H3. The summed E-state index contributed by atoms with van der Waals surface area (Å²) in [6.07, 6.45) is 3.78. The van der Waals surface area contributed by atoms with E-state index in [0.717, 1.165) is 0 Å². The largest absolute Gasteiger partial charge is 0.313 e. The second-order valence-electron chi connectivity index (χ2n) is 0.977. The Balaban J connectivity index is 2.53. The Morgan fingerprint density at radius 3 is 1.62 bits per heavy atom. The summed E-state index contributed by atoms with van der Waals surface area (Å²) in [6, 6.07) is 0. The van der Waals surface area contributed by atoms with E-state index in [1.807, 2.05) is 12.5 Å². The fraction of sp³-hybridized carbons (Fsp3) is 1.00. The van der Waals surface area contributed by atoms with Crippen LogP contribution in [0.25, 0.3) is 0 Å². The van der Waals surface area contributed by atoms with Crippen LogP contribution in [0.1, 0.15) is 0 Å². The maximum absolute atomic E-state index is 4.91. The molecule has 0 saturated carbocycles. The molecule has 0 aromatic rings. The van der Waals surface area contributed by atoms with Gasteiger partial charge in [-0.15, -0.1) is 0 Å². The van der Waals surface area contributed by atoms with Crippen molar-refractivity contribution in [3.8, 4) is 0 Å². The van der Waals surface area contributed by atoms with Gasteiger partial charge in [0.05, 0.1) is 13.2 Å². The highest BCUT2D eigenvalue weighted by atomic mass is 32.2. The van der Waals surface area contributed by atoms with E-state index >= 15 is 0 Å². The molecule has 2 nitrogen and oxygen atoms in total. The van der Waals surface area contributed by atoms with E-state index in [4.69, 9.17) is 8.37 Å². The van der Waals surface area contributed by atoms with Crippen LogP contribution in [0, 0.1) is 0 Å². The molecule has 0 unspecified atom stereocenters. The van der Waals surface area contributed by atoms with Crippen molar-refractivity contribution in [2.24, 2.45) is 0 Å². The molecular weight excluding hydrogens is 144 g/mol. The molecule has 4 heteroatoms. The average molecular weight is 154 g/mol. The van der Waals surface area contributed by atoms with Crippen LogP contribution in [0.4, 0.5) is 0 Å². The predicted molar refractivity (Wildman–Crippen MR) is 38.9 cm³/mol. The summed E-state index contributed by atoms with van der Waals surface area (Å²) in [7, 11) is 0. The van der Waals surface area contributed by atoms with E-state index in [0.29, 0.717) is 13.2 Å². The molecule has 0 bridgehead atoms. The summed E-state index contributed by atoms with van der Waals surface area (Å²) in [6.45, 7) is 1.34. The topological polar surface area (TPSA) is 18.5 Å². The van der Waals surface area contributed by atoms with Crippen molar-refractivity contribution in [1.29, 1.82) is 0 Å². The fourth-order valence-corrected chi connectivity index (χ4v) is 0.704. The molecule has 0 saturated heterocycles. The van der Waals surface area contributed by atoms with Crippen molar-refractivity contribution < 1.29 is 8.37 Å². The molecule has 0 radical (unpaired) electrons. The lowest BCUT2D eigenvalue weighted by atomic mass is 10.8. The van der Waals surface area contributed by atoms with E-state index in [2.05, 4.69) is 0 Å². The number of rotatable bonds is 5. The van der Waals surface area contributed by atoms with Gasteiger partial charge in [-0.05, 0) is 24.1 Å². The molecule has 0 N–H and O–H groups in total. The van der Waals surface area contributed by atoms with E-state index in [1.165, 1.54) is 24.1 Å². The van der Waals surface area contributed by atoms with Crippen molar-refractivity contribution in [2.75, 3.05) is 25.7 Å². The lowest BCUT2D eigenvalue weighted by Crippen LogP contribution is -1.93. The second-order valence-corrected chi connectivity index (χ2v) is 2.12. The minimum Gasteiger partial charge on any atom is -0.313 e. The highest BCUT2D eigenvalue weighted by Gasteiger charge is 1.83. The van der Waals surface area contributed by atoms with Gasteiger partial charge in [-0.1, -0.05) is 0 Å². The molecule has 8 heavy (non-hydrogen) atoms. The van der Waals surface area contributed by atoms with Gasteiger partial charge in [-0.25, -0.2) is 0 Å². The van der Waals surface area contributed by atoms with Gasteiger partial charge in [0.1, 0.15) is 0 Å². The highest BCUT2D eigenvalue weighted by molar-refractivity contribution is 7.94. The third kappa shape index (κ3) is 6.62. The van der Waals surface area contributed by atoms with Gasteiger partial charge < -0.3 is 8.37 Å². The Labute approximate surface area is 58.7 Å². The first-order valence-corrected chi connectivity index (χ1v) is 4.53. The molecule has 0 aliphatic rings. The van der Waals surface area contributed by atoms with Gasteiger partial charge >= 0.3 is 0 Å². The summed E-state index contributed by atoms with van der Waals surface area (Å²) in [5, 5.41) is 0. The smallest absolute Gasteiger partial charge is 0.0860 e. The van der Waals surface area contributed by atoms with Crippen LogP contribution in [0.3, 0.4) is 0 Å². The summed E-state index contributed by atoms with van der Waals surface area (Å²) in [5.74, 6) is 0. The Morgan fingerprint density at radius 2 is 1.38 bits per heavy atom. The lowest BCUT2D eigenvalue weighted by Gasteiger charge is -1.96. The number of hydrogen-bond donors (Lipinski definition) is 0. The van der Waals surface area contributed by atoms with Crippen LogP contribution < -0.4 is 0 Å². The van der Waals surface area contributed by atoms with Crippen molar-refractivity contribution in [2.45, 2.75) is 0 Å². The molecule has 0 aliphatic carbocycles. The second kappa shape index (κ2) is 7.62. The van der Waals surface area contributed by atoms with Gasteiger partial charge in [-0.3, -0.25) is 0 Å². The zero-order valence-corrected chi connectivity index (χ0v) is 6.68. The normalized spacial score (nSPS) is 9.75. The minimum atomic E-state index is 0.669. The van der Waals surface area contributed by atoms with Crippen LogP contribution in [0.15, 0.2) is 0 Å². The molecule has 0 rings (SSSR count). The van der Waals surface area contributed by atoms with Gasteiger partial charge in [-0.2, -0.15) is 0 Å². The first-order chi connectivity index (χ1) is 3.91. The van der Waals surface area contributed by atoms with Crippen molar-refractivity contribution in [1.82, 2.24) is 0 Å². The lowest BCUT2D eigenvalue weighted by molar-refractivity contribution is 0.268. The summed E-state index contributed by atoms with van der Waals surface area (Å²) < 4.78 is 9.83. The minimum absolute atomic E-state index is 0.669. The van der Waals surface area contributed by atoms with Crippen molar-refractivity contribution in [3.63, 3.8) is 0 Å². The number of hydrogen-bond acceptors (Lipinski definition) is 4. The van der Waals surface area contributed by atoms with Crippen molar-refractivity contribution >= 4 is 24.1 Å². The summed E-state index contributed by atoms with van der Waals surface area (Å²) in [4.78, 5) is 0. The molecule has 0 heterocycles. The monoisotopic (exact) mass is 154 g/mol. The molecule has 0 spiro atoms. The Kier molecular flexibility index (Phi) is 8.21. The van der Waals surface area contributed by atoms with E-state index in [9.17, 15) is 0 Å². The summed E-state index contributed by atoms with van der Waals surface area (Å²) in [5.41, 5.74) is 0. The van der Waals surface area contributed by atoms with Crippen LogP contribution in [-0.2, 0) is 8.37 Å². The van der Waals surface area contributed by atoms with E-state index < -0.39 is 0 Å². The Hall–Kier alpha value is 0.620. The Morgan fingerprint density at radius 1 is 1.00 bits per heavy atom. The third-order valence-electron chi connectivity index (χ3n) is 0.486. The molecule has 0 atom stereocenters. The molecule has 0 aromatic heterocycles. The fourth-order valence-electron chi connectivity index (χ4n) is 0.235. The molecule has 0 amide bonds. The zero-order chi connectivity index (χ0) is 6.24. The van der Waals surface area contributed by atoms with Crippen LogP contribution in [-0.4, -0.2) is 25.7 Å². The van der Waals surface area contributed by atoms with Gasteiger partial charge in [0, 0.05) is 12.5 Å². The maximum atomic E-state index is 4.91. The first kappa shape index (κ1) is 8.62. The van der Waals surface area contributed by atoms with Crippen LogP contribution >= 0.6 is 24.1 Å². The van der Waals surface area contributed by atoms with Crippen LogP contribution in [0.5, 0.6) is 0 Å². The van der Waals surface area contributed by atoms with Crippen molar-refractivity contribution in [3.05, 3.63) is 0 Å². The SMILES string of the molecule is CSOCCOSC. The predicted octanol–water partition coefficient (Wildman–Crippen LogP) is 1.58. The third-order valence-corrected chi connectivity index (χ3v) is 1.29. The quantitative estimate of drug-likeness (QED) is 0.442. The van der Waals surface area contributed by atoms with Crippen LogP contribution in [0.2, 0.25) is 0 Å². The molecule has 0 aliphatic heterocycles. The molecular formula is C4H10O2S2. The summed E-state index contributed by atoms with van der Waals surface area (Å²) >= 11 is 2.73. The van der Waals surface area contributed by atoms with E-state index in [1.54, 1.807) is 0 Å². The molecule has 0 fully saturated rings. The maximum Gasteiger partial charge on any atom is 0.0860 e.